The summed E-state index contributed by atoms with van der Waals surface area (Å²) in [4.78, 5) is 39.6. The summed E-state index contributed by atoms with van der Waals surface area (Å²) in [5.41, 5.74) is 5.15. The fourth-order valence-corrected chi connectivity index (χ4v) is 4.19. The van der Waals surface area contributed by atoms with Crippen LogP contribution in [0.25, 0.3) is 10.2 Å². The summed E-state index contributed by atoms with van der Waals surface area (Å²) >= 11 is 1.27. The Morgan fingerprint density at radius 3 is 2.37 bits per heavy atom. The number of rotatable bonds is 7. The number of aliphatic carboxylic acids is 1. The summed E-state index contributed by atoms with van der Waals surface area (Å²) in [5.74, 6) is -1.41. The van der Waals surface area contributed by atoms with Crippen LogP contribution in [0.3, 0.4) is 0 Å². The van der Waals surface area contributed by atoms with E-state index in [-0.39, 0.29) is 31.1 Å². The van der Waals surface area contributed by atoms with Crippen LogP contribution in [0.5, 0.6) is 0 Å². The first kappa shape index (κ1) is 21.4. The molecule has 30 heavy (non-hydrogen) atoms. The molecule has 0 unspecified atom stereocenters. The maximum Gasteiger partial charge on any atom is 0.303 e. The van der Waals surface area contributed by atoms with Gasteiger partial charge >= 0.3 is 5.97 Å². The van der Waals surface area contributed by atoms with Gasteiger partial charge in [0.15, 0.2) is 5.13 Å². The average Bonchev–Trinajstić information content (AvgIpc) is 3.05. The quantitative estimate of drug-likeness (QED) is 0.510. The van der Waals surface area contributed by atoms with Crippen LogP contribution >= 0.6 is 11.3 Å². The number of thiazole rings is 1. The first-order valence-electron chi connectivity index (χ1n) is 9.54. The molecule has 0 radical (unpaired) electrons. The third-order valence-electron chi connectivity index (χ3n) is 4.61. The molecule has 0 fully saturated rings. The number of nitrogens with one attached hydrogen (secondary N) is 2. The Kier molecular flexibility index (Phi) is 6.47. The molecule has 3 aromatic rings. The maximum absolute atomic E-state index is 12.8. The van der Waals surface area contributed by atoms with Gasteiger partial charge in [0.2, 0.25) is 5.91 Å². The van der Waals surface area contributed by atoms with Crippen LogP contribution in [0.1, 0.15) is 46.3 Å². The summed E-state index contributed by atoms with van der Waals surface area (Å²) in [6, 6.07) is 9.26. The number of fused-ring (bicyclic) bond motifs is 1. The van der Waals surface area contributed by atoms with E-state index in [1.54, 1.807) is 18.2 Å². The van der Waals surface area contributed by atoms with Crippen molar-refractivity contribution in [2.75, 3.05) is 10.6 Å². The first-order chi connectivity index (χ1) is 14.2. The van der Waals surface area contributed by atoms with Gasteiger partial charge in [0.1, 0.15) is 0 Å². The summed E-state index contributed by atoms with van der Waals surface area (Å²) in [6.07, 6.45) is 0.338. The molecule has 3 rings (SSSR count). The van der Waals surface area contributed by atoms with E-state index in [0.29, 0.717) is 16.2 Å². The maximum atomic E-state index is 12.8. The molecule has 2 aromatic carbocycles. The van der Waals surface area contributed by atoms with Gasteiger partial charge in [-0.2, -0.15) is 0 Å². The van der Waals surface area contributed by atoms with Crippen molar-refractivity contribution >= 4 is 50.2 Å². The second-order valence-corrected chi connectivity index (χ2v) is 8.26. The average molecular weight is 426 g/mol. The smallest absolute Gasteiger partial charge is 0.303 e. The molecule has 156 valence electrons. The second-order valence-electron chi connectivity index (χ2n) is 7.22. The topological polar surface area (TPSA) is 108 Å². The monoisotopic (exact) mass is 425 g/mol. The predicted molar refractivity (Wildman–Crippen MR) is 118 cm³/mol. The first-order valence-corrected chi connectivity index (χ1v) is 10.4. The normalized spacial score (nSPS) is 10.8. The SMILES string of the molecule is Cc1cc(C)c(NC(=O)c2ccc3nc(NC(=O)CCCC(=O)O)sc3c2)c(C)c1. The molecule has 8 heteroatoms. The Balaban J connectivity index is 1.72. The van der Waals surface area contributed by atoms with Crippen LogP contribution in [-0.4, -0.2) is 27.9 Å². The lowest BCUT2D eigenvalue weighted by Gasteiger charge is -2.12. The predicted octanol–water partition coefficient (Wildman–Crippen LogP) is 4.67. The van der Waals surface area contributed by atoms with Gasteiger partial charge in [-0.1, -0.05) is 29.0 Å². The Labute approximate surface area is 178 Å². The molecule has 0 aliphatic carbocycles. The van der Waals surface area contributed by atoms with E-state index in [2.05, 4.69) is 15.6 Å². The number of carbonyl (C=O) groups is 3. The molecule has 1 aromatic heterocycles. The van der Waals surface area contributed by atoms with E-state index in [0.717, 1.165) is 27.1 Å². The number of benzene rings is 2. The minimum absolute atomic E-state index is 0.0499. The molecular formula is C22H23N3O4S. The summed E-state index contributed by atoms with van der Waals surface area (Å²) < 4.78 is 0.779. The van der Waals surface area contributed by atoms with Crippen molar-refractivity contribution in [1.82, 2.24) is 4.98 Å². The van der Waals surface area contributed by atoms with Crippen LogP contribution in [0, 0.1) is 20.8 Å². The Hall–Kier alpha value is -3.26. The van der Waals surface area contributed by atoms with Crippen molar-refractivity contribution < 1.29 is 19.5 Å². The Morgan fingerprint density at radius 2 is 1.70 bits per heavy atom. The number of hydrogen-bond acceptors (Lipinski definition) is 5. The minimum Gasteiger partial charge on any atom is -0.481 e. The van der Waals surface area contributed by atoms with Crippen molar-refractivity contribution in [2.45, 2.75) is 40.0 Å². The van der Waals surface area contributed by atoms with E-state index in [9.17, 15) is 14.4 Å². The van der Waals surface area contributed by atoms with Crippen LogP contribution in [0.2, 0.25) is 0 Å². The number of anilines is 2. The third kappa shape index (κ3) is 5.21. The molecule has 0 saturated heterocycles. The molecule has 1 heterocycles. The summed E-state index contributed by atoms with van der Waals surface area (Å²) in [7, 11) is 0. The number of aryl methyl sites for hydroxylation is 3. The van der Waals surface area contributed by atoms with E-state index in [4.69, 9.17) is 5.11 Å². The lowest BCUT2D eigenvalue weighted by Crippen LogP contribution is -2.13. The fourth-order valence-electron chi connectivity index (χ4n) is 3.26. The zero-order valence-electron chi connectivity index (χ0n) is 17.0. The van der Waals surface area contributed by atoms with Crippen LogP contribution in [-0.2, 0) is 9.59 Å². The standard InChI is InChI=1S/C22H23N3O4S/c1-12-9-13(2)20(14(3)10-12)25-21(29)15-7-8-16-17(11-15)30-22(23-16)24-18(26)5-4-6-19(27)28/h7-11H,4-6H2,1-3H3,(H,25,29)(H,27,28)(H,23,24,26). The molecule has 7 nitrogen and oxygen atoms in total. The molecule has 0 aliphatic heterocycles. The summed E-state index contributed by atoms with van der Waals surface area (Å²) in [6.45, 7) is 5.95. The Bertz CT molecular complexity index is 1110. The number of nitrogens with zero attached hydrogens (tertiary/aromatic N) is 1. The number of aromatic nitrogens is 1. The van der Waals surface area contributed by atoms with Gasteiger partial charge < -0.3 is 15.7 Å². The lowest BCUT2D eigenvalue weighted by atomic mass is 10.0. The van der Waals surface area contributed by atoms with Gasteiger partial charge in [-0.15, -0.1) is 0 Å². The number of carboxylic acids is 1. The van der Waals surface area contributed by atoms with Crippen molar-refractivity contribution in [3.05, 3.63) is 52.6 Å². The second kappa shape index (κ2) is 9.04. The molecule has 2 amide bonds. The highest BCUT2D eigenvalue weighted by molar-refractivity contribution is 7.22. The zero-order valence-corrected chi connectivity index (χ0v) is 17.9. The third-order valence-corrected chi connectivity index (χ3v) is 5.54. The van der Waals surface area contributed by atoms with Crippen LogP contribution in [0.15, 0.2) is 30.3 Å². The highest BCUT2D eigenvalue weighted by atomic mass is 32.1. The van der Waals surface area contributed by atoms with E-state index in [1.807, 2.05) is 32.9 Å². The van der Waals surface area contributed by atoms with E-state index >= 15 is 0 Å². The summed E-state index contributed by atoms with van der Waals surface area (Å²) in [5, 5.41) is 14.7. The van der Waals surface area contributed by atoms with Crippen molar-refractivity contribution in [1.29, 1.82) is 0 Å². The van der Waals surface area contributed by atoms with Gasteiger partial charge in [-0.3, -0.25) is 14.4 Å². The van der Waals surface area contributed by atoms with Gasteiger partial charge in [0, 0.05) is 24.1 Å². The largest absolute Gasteiger partial charge is 0.481 e. The van der Waals surface area contributed by atoms with Crippen LogP contribution < -0.4 is 10.6 Å². The molecule has 0 bridgehead atoms. The van der Waals surface area contributed by atoms with Crippen molar-refractivity contribution in [2.24, 2.45) is 0 Å². The number of hydrogen-bond donors (Lipinski definition) is 3. The van der Waals surface area contributed by atoms with Gasteiger partial charge in [-0.25, -0.2) is 4.98 Å². The molecular weight excluding hydrogens is 402 g/mol. The van der Waals surface area contributed by atoms with Gasteiger partial charge in [-0.05, 0) is 56.5 Å². The van der Waals surface area contributed by atoms with Gasteiger partial charge in [0.05, 0.1) is 10.2 Å². The zero-order chi connectivity index (χ0) is 21.8. The highest BCUT2D eigenvalue weighted by Gasteiger charge is 2.14. The number of amides is 2. The molecule has 0 saturated carbocycles. The molecule has 0 aliphatic rings. The fraction of sp³-hybridized carbons (Fsp3) is 0.273. The van der Waals surface area contributed by atoms with Crippen molar-refractivity contribution in [3.63, 3.8) is 0 Å². The lowest BCUT2D eigenvalue weighted by molar-refractivity contribution is -0.137. The minimum atomic E-state index is -0.926. The van der Waals surface area contributed by atoms with Crippen molar-refractivity contribution in [3.8, 4) is 0 Å². The van der Waals surface area contributed by atoms with Crippen LogP contribution in [0.4, 0.5) is 10.8 Å². The molecule has 0 atom stereocenters. The molecule has 0 spiro atoms. The number of carbonyl (C=O) groups excluding carboxylic acids is 2. The van der Waals surface area contributed by atoms with E-state index in [1.165, 1.54) is 11.3 Å². The molecule has 3 N–H and O–H groups in total. The van der Waals surface area contributed by atoms with E-state index < -0.39 is 5.97 Å². The van der Waals surface area contributed by atoms with Gasteiger partial charge in [0.25, 0.3) is 5.91 Å². The number of carboxylic acid groups (broad SMARTS) is 1. The highest BCUT2D eigenvalue weighted by Crippen LogP contribution is 2.28. The Morgan fingerprint density at radius 1 is 1.00 bits per heavy atom.